The summed E-state index contributed by atoms with van der Waals surface area (Å²) < 4.78 is 51.5. The summed E-state index contributed by atoms with van der Waals surface area (Å²) in [5.41, 5.74) is 0.0962. The van der Waals surface area contributed by atoms with Crippen molar-refractivity contribution in [3.63, 3.8) is 0 Å². The number of Topliss-reactive ketones (excluding diaryl/α,β-unsaturated/α-hetero) is 1. The van der Waals surface area contributed by atoms with E-state index in [1.54, 1.807) is 0 Å². The van der Waals surface area contributed by atoms with E-state index in [4.69, 9.17) is 0 Å². The zero-order valence-corrected chi connectivity index (χ0v) is 9.43. The second kappa shape index (κ2) is 5.56. The van der Waals surface area contributed by atoms with Crippen LogP contribution in [0, 0.1) is 23.5 Å². The fraction of sp³-hybridized carbons (Fsp3) is 0.300. The number of carbonyl (C=O) groups is 1. The van der Waals surface area contributed by atoms with Gasteiger partial charge < -0.3 is 4.84 Å². The lowest BCUT2D eigenvalue weighted by atomic mass is 10.2. The van der Waals surface area contributed by atoms with Crippen LogP contribution in [0.3, 0.4) is 0 Å². The third-order valence-electron chi connectivity index (χ3n) is 1.75. The van der Waals surface area contributed by atoms with Crippen LogP contribution in [0.15, 0.2) is 5.16 Å². The molecule has 0 saturated heterocycles. The fourth-order valence-electron chi connectivity index (χ4n) is 1.06. The molecule has 0 aromatic carbocycles. The van der Waals surface area contributed by atoms with E-state index in [-0.39, 0.29) is 17.9 Å². The molecule has 0 aliphatic carbocycles. The molecule has 18 heavy (non-hydrogen) atoms. The van der Waals surface area contributed by atoms with Gasteiger partial charge in [-0.1, -0.05) is 5.16 Å². The van der Waals surface area contributed by atoms with Crippen LogP contribution in [0.4, 0.5) is 17.6 Å². The van der Waals surface area contributed by atoms with Crippen molar-refractivity contribution < 1.29 is 27.2 Å². The third-order valence-corrected chi connectivity index (χ3v) is 1.75. The Bertz CT molecular complexity index is 491. The Hall–Kier alpha value is -1.99. The Labute approximate surface area is 99.3 Å². The van der Waals surface area contributed by atoms with Gasteiger partial charge in [0.25, 0.3) is 11.9 Å². The standard InChI is InChI=1S/C10H8F4N2O2/c1-4(3-5(2)17)16-18-8-6(11)9(13)15-10(14)7(8)12/h3H2,1-2H3. The van der Waals surface area contributed by atoms with E-state index in [2.05, 4.69) is 15.0 Å². The van der Waals surface area contributed by atoms with Crippen LogP contribution in [0.5, 0.6) is 5.75 Å². The lowest BCUT2D eigenvalue weighted by molar-refractivity contribution is -0.115. The number of rotatable bonds is 4. The average Bonchev–Trinajstić information content (AvgIpc) is 2.25. The fourth-order valence-corrected chi connectivity index (χ4v) is 1.06. The predicted octanol–water partition coefficient (Wildman–Crippen LogP) is 2.37. The van der Waals surface area contributed by atoms with Crippen molar-refractivity contribution in [2.75, 3.05) is 0 Å². The molecule has 1 heterocycles. The third kappa shape index (κ3) is 3.25. The summed E-state index contributed by atoms with van der Waals surface area (Å²) in [6.07, 6.45) is -0.112. The Kier molecular flexibility index (Phi) is 4.35. The number of nitrogens with zero attached hydrogens (tertiary/aromatic N) is 2. The van der Waals surface area contributed by atoms with Crippen molar-refractivity contribution >= 4 is 11.5 Å². The molecule has 0 bridgehead atoms. The number of ketones is 1. The summed E-state index contributed by atoms with van der Waals surface area (Å²) in [4.78, 5) is 17.3. The van der Waals surface area contributed by atoms with Crippen LogP contribution in [-0.2, 0) is 4.79 Å². The second-order valence-corrected chi connectivity index (χ2v) is 3.45. The molecule has 0 N–H and O–H groups in total. The van der Waals surface area contributed by atoms with Crippen molar-refractivity contribution in [1.82, 2.24) is 4.98 Å². The van der Waals surface area contributed by atoms with Crippen LogP contribution < -0.4 is 4.84 Å². The van der Waals surface area contributed by atoms with E-state index in [0.29, 0.717) is 0 Å². The number of aromatic nitrogens is 1. The van der Waals surface area contributed by atoms with Gasteiger partial charge in [-0.05, 0) is 13.8 Å². The minimum atomic E-state index is -1.84. The number of pyridine rings is 1. The number of hydrogen-bond acceptors (Lipinski definition) is 4. The first-order valence-electron chi connectivity index (χ1n) is 4.72. The normalized spacial score (nSPS) is 11.6. The molecule has 1 rings (SSSR count). The molecule has 98 valence electrons. The van der Waals surface area contributed by atoms with E-state index in [1.807, 2.05) is 0 Å². The quantitative estimate of drug-likeness (QED) is 0.363. The smallest absolute Gasteiger partial charge is 0.255 e. The highest BCUT2D eigenvalue weighted by Crippen LogP contribution is 2.24. The van der Waals surface area contributed by atoms with Crippen LogP contribution in [-0.4, -0.2) is 16.5 Å². The first-order valence-corrected chi connectivity index (χ1v) is 4.72. The molecule has 0 aliphatic heterocycles. The maximum Gasteiger partial charge on any atom is 0.255 e. The summed E-state index contributed by atoms with van der Waals surface area (Å²) in [6, 6.07) is 0. The Balaban J connectivity index is 3.01. The molecule has 4 nitrogen and oxygen atoms in total. The van der Waals surface area contributed by atoms with Gasteiger partial charge >= 0.3 is 0 Å². The number of carbonyl (C=O) groups excluding carboxylic acids is 1. The first kappa shape index (κ1) is 14.1. The highest BCUT2D eigenvalue weighted by atomic mass is 19.2. The molecule has 0 fully saturated rings. The van der Waals surface area contributed by atoms with Gasteiger partial charge in [0.1, 0.15) is 5.78 Å². The summed E-state index contributed by atoms with van der Waals surface area (Å²) in [5, 5.41) is 3.19. The van der Waals surface area contributed by atoms with Crippen LogP contribution in [0.1, 0.15) is 20.3 Å². The molecule has 0 spiro atoms. The maximum absolute atomic E-state index is 13.1. The Morgan fingerprint density at radius 1 is 1.17 bits per heavy atom. The molecular formula is C10H8F4N2O2. The largest absolute Gasteiger partial charge is 0.350 e. The van der Waals surface area contributed by atoms with Gasteiger partial charge in [0, 0.05) is 6.42 Å². The van der Waals surface area contributed by atoms with Gasteiger partial charge in [-0.25, -0.2) is 0 Å². The summed E-state index contributed by atoms with van der Waals surface area (Å²) in [7, 11) is 0. The van der Waals surface area contributed by atoms with Crippen molar-refractivity contribution in [1.29, 1.82) is 0 Å². The van der Waals surface area contributed by atoms with Gasteiger partial charge in [0.2, 0.25) is 17.4 Å². The molecule has 1 aromatic heterocycles. The summed E-state index contributed by atoms with van der Waals surface area (Å²) in [6.45, 7) is 2.62. The first-order chi connectivity index (χ1) is 8.32. The SMILES string of the molecule is CC(=O)CC(C)=NOc1c(F)c(F)nc(F)c1F. The minimum Gasteiger partial charge on any atom is -0.350 e. The lowest BCUT2D eigenvalue weighted by Crippen LogP contribution is -2.06. The predicted molar refractivity (Wildman–Crippen MR) is 53.1 cm³/mol. The van der Waals surface area contributed by atoms with E-state index >= 15 is 0 Å². The van der Waals surface area contributed by atoms with E-state index < -0.39 is 29.3 Å². The summed E-state index contributed by atoms with van der Waals surface area (Å²) >= 11 is 0. The van der Waals surface area contributed by atoms with Crippen molar-refractivity contribution in [3.8, 4) is 5.75 Å². The Morgan fingerprint density at radius 2 is 1.67 bits per heavy atom. The summed E-state index contributed by atoms with van der Waals surface area (Å²) in [5.74, 6) is -8.89. The topological polar surface area (TPSA) is 51.5 Å². The highest BCUT2D eigenvalue weighted by Gasteiger charge is 2.22. The van der Waals surface area contributed by atoms with Crippen molar-refractivity contribution in [3.05, 3.63) is 23.5 Å². The molecule has 0 aliphatic rings. The van der Waals surface area contributed by atoms with Crippen LogP contribution >= 0.6 is 0 Å². The van der Waals surface area contributed by atoms with Crippen molar-refractivity contribution in [2.24, 2.45) is 5.16 Å². The van der Waals surface area contributed by atoms with E-state index in [1.165, 1.54) is 13.8 Å². The number of hydrogen-bond donors (Lipinski definition) is 0. The number of halogens is 4. The molecule has 8 heteroatoms. The zero-order chi connectivity index (χ0) is 13.9. The van der Waals surface area contributed by atoms with E-state index in [9.17, 15) is 22.4 Å². The average molecular weight is 264 g/mol. The maximum atomic E-state index is 13.1. The molecule has 1 aromatic rings. The van der Waals surface area contributed by atoms with Crippen LogP contribution in [0.2, 0.25) is 0 Å². The molecule has 0 amide bonds. The monoisotopic (exact) mass is 264 g/mol. The number of oxime groups is 1. The molecular weight excluding hydrogens is 256 g/mol. The van der Waals surface area contributed by atoms with Crippen LogP contribution in [0.25, 0.3) is 0 Å². The zero-order valence-electron chi connectivity index (χ0n) is 9.43. The van der Waals surface area contributed by atoms with Crippen molar-refractivity contribution in [2.45, 2.75) is 20.3 Å². The molecule has 0 radical (unpaired) electrons. The molecule has 0 saturated carbocycles. The second-order valence-electron chi connectivity index (χ2n) is 3.45. The van der Waals surface area contributed by atoms with Gasteiger partial charge in [0.05, 0.1) is 5.71 Å². The van der Waals surface area contributed by atoms with Gasteiger partial charge in [-0.15, -0.1) is 0 Å². The lowest BCUT2D eigenvalue weighted by Gasteiger charge is -2.04. The molecule has 0 unspecified atom stereocenters. The highest BCUT2D eigenvalue weighted by molar-refractivity contribution is 5.99. The molecule has 0 atom stereocenters. The van der Waals surface area contributed by atoms with Gasteiger partial charge in [-0.2, -0.15) is 22.5 Å². The van der Waals surface area contributed by atoms with E-state index in [0.717, 1.165) is 0 Å². The van der Waals surface area contributed by atoms with Gasteiger partial charge in [0.15, 0.2) is 0 Å². The Morgan fingerprint density at radius 3 is 2.11 bits per heavy atom. The minimum absolute atomic E-state index is 0.0962. The van der Waals surface area contributed by atoms with Gasteiger partial charge in [-0.3, -0.25) is 4.79 Å².